The molecule has 5 nitrogen and oxygen atoms in total. The summed E-state index contributed by atoms with van der Waals surface area (Å²) in [5.74, 6) is 0. The van der Waals surface area contributed by atoms with Gasteiger partial charge < -0.3 is 10.9 Å². The minimum absolute atomic E-state index is 0.0568. The molecule has 0 saturated heterocycles. The lowest BCUT2D eigenvalue weighted by Crippen LogP contribution is -2.34. The maximum Gasteiger partial charge on any atom is 0.245 e. The second-order valence-corrected chi connectivity index (χ2v) is 3.22. The number of anilines is 1. The molecule has 0 aliphatic carbocycles. The fourth-order valence-electron chi connectivity index (χ4n) is 1.34. The first-order valence-electron chi connectivity index (χ1n) is 4.40. The molecule has 76 valence electrons. The first kappa shape index (κ1) is 9.39. The Kier molecular flexibility index (Phi) is 2.00. The summed E-state index contributed by atoms with van der Waals surface area (Å²) in [5, 5.41) is 15.5. The number of hydrogen-bond acceptors (Lipinski definition) is 4. The van der Waals surface area contributed by atoms with Crippen LogP contribution in [0.2, 0.25) is 0 Å². The molecule has 0 radical (unpaired) electrons. The molecule has 0 aliphatic rings. The second-order valence-electron chi connectivity index (χ2n) is 3.22. The second kappa shape index (κ2) is 3.20. The highest BCUT2D eigenvalue weighted by molar-refractivity contribution is 5.79. The lowest BCUT2D eigenvalue weighted by atomic mass is 10.2. The van der Waals surface area contributed by atoms with Crippen molar-refractivity contribution in [3.8, 4) is 0 Å². The van der Waals surface area contributed by atoms with Gasteiger partial charge in [-0.1, -0.05) is 17.0 Å². The van der Waals surface area contributed by atoms with E-state index in [9.17, 15) is 10.0 Å². The molecule has 2 N–H and O–H groups in total. The number of nitrogens with two attached hydrogens (primary N) is 1. The fraction of sp³-hybridized carbons (Fsp3) is 0.100. The number of benzene rings is 1. The van der Waals surface area contributed by atoms with E-state index in [4.69, 9.17) is 5.73 Å². The molecule has 0 amide bonds. The SMILES string of the molecule is Cc1c(N)c(=O)c2ccccc2n[n+]1[O-]. The Balaban J connectivity index is 3.12. The van der Waals surface area contributed by atoms with E-state index in [0.717, 1.165) is 0 Å². The van der Waals surface area contributed by atoms with Crippen LogP contribution in [0.25, 0.3) is 10.9 Å². The first-order chi connectivity index (χ1) is 7.11. The number of aromatic nitrogens is 2. The minimum atomic E-state index is -0.356. The monoisotopic (exact) mass is 203 g/mol. The third-order valence-electron chi connectivity index (χ3n) is 2.27. The highest BCUT2D eigenvalue weighted by atomic mass is 16.5. The number of rotatable bonds is 0. The van der Waals surface area contributed by atoms with Gasteiger partial charge in [0, 0.05) is 12.0 Å². The van der Waals surface area contributed by atoms with Crippen LogP contribution in [-0.2, 0) is 0 Å². The smallest absolute Gasteiger partial charge is 0.245 e. The van der Waals surface area contributed by atoms with Crippen molar-refractivity contribution in [2.75, 3.05) is 5.73 Å². The van der Waals surface area contributed by atoms with Crippen molar-refractivity contribution in [1.82, 2.24) is 5.10 Å². The van der Waals surface area contributed by atoms with E-state index in [-0.39, 0.29) is 16.8 Å². The lowest BCUT2D eigenvalue weighted by Gasteiger charge is -1.91. The van der Waals surface area contributed by atoms with Crippen LogP contribution in [0.5, 0.6) is 0 Å². The summed E-state index contributed by atoms with van der Waals surface area (Å²) in [4.78, 5) is 12.2. The van der Waals surface area contributed by atoms with Crippen LogP contribution in [0.3, 0.4) is 0 Å². The topological polar surface area (TPSA) is 82.9 Å². The van der Waals surface area contributed by atoms with Crippen molar-refractivity contribution < 1.29 is 4.85 Å². The molecular formula is C10H9N3O2. The van der Waals surface area contributed by atoms with E-state index < -0.39 is 0 Å². The van der Waals surface area contributed by atoms with Gasteiger partial charge in [-0.3, -0.25) is 4.79 Å². The molecule has 0 unspecified atom stereocenters. The van der Waals surface area contributed by atoms with Gasteiger partial charge in [0.1, 0.15) is 5.52 Å². The lowest BCUT2D eigenvalue weighted by molar-refractivity contribution is -0.671. The Morgan fingerprint density at radius 2 is 2.07 bits per heavy atom. The average Bonchev–Trinajstić information content (AvgIpc) is 2.32. The summed E-state index contributed by atoms with van der Waals surface area (Å²) in [6, 6.07) is 6.61. The third-order valence-corrected chi connectivity index (χ3v) is 2.27. The van der Waals surface area contributed by atoms with Gasteiger partial charge in [-0.05, 0) is 12.1 Å². The van der Waals surface area contributed by atoms with E-state index in [0.29, 0.717) is 15.7 Å². The normalized spacial score (nSPS) is 10.5. The Hall–Kier alpha value is -2.17. The molecule has 1 aromatic carbocycles. The number of hydrogen-bond donors (Lipinski definition) is 1. The molecule has 0 bridgehead atoms. The van der Waals surface area contributed by atoms with Crippen molar-refractivity contribution in [2.45, 2.75) is 6.92 Å². The van der Waals surface area contributed by atoms with E-state index in [2.05, 4.69) is 5.10 Å². The zero-order chi connectivity index (χ0) is 11.0. The maximum atomic E-state index is 11.8. The van der Waals surface area contributed by atoms with Gasteiger partial charge in [-0.25, -0.2) is 0 Å². The molecule has 0 aliphatic heterocycles. The van der Waals surface area contributed by atoms with Crippen molar-refractivity contribution in [3.05, 3.63) is 45.4 Å². The Labute approximate surface area is 85.4 Å². The van der Waals surface area contributed by atoms with Crippen LogP contribution in [-0.4, -0.2) is 5.10 Å². The van der Waals surface area contributed by atoms with Crippen LogP contribution in [0, 0.1) is 12.1 Å². The van der Waals surface area contributed by atoms with Crippen LogP contribution >= 0.6 is 0 Å². The van der Waals surface area contributed by atoms with Gasteiger partial charge in [0.2, 0.25) is 11.1 Å². The molecule has 0 saturated carbocycles. The van der Waals surface area contributed by atoms with E-state index in [1.165, 1.54) is 6.92 Å². The highest BCUT2D eigenvalue weighted by Gasteiger charge is 2.11. The van der Waals surface area contributed by atoms with Gasteiger partial charge in [0.15, 0.2) is 5.69 Å². The molecule has 15 heavy (non-hydrogen) atoms. The predicted molar refractivity (Wildman–Crippen MR) is 56.1 cm³/mol. The van der Waals surface area contributed by atoms with Gasteiger partial charge in [-0.15, -0.1) is 0 Å². The van der Waals surface area contributed by atoms with E-state index >= 15 is 0 Å². The van der Waals surface area contributed by atoms with Gasteiger partial charge >= 0.3 is 0 Å². The van der Waals surface area contributed by atoms with Crippen LogP contribution in [0.15, 0.2) is 29.1 Å². The molecule has 5 heteroatoms. The zero-order valence-electron chi connectivity index (χ0n) is 8.10. The van der Waals surface area contributed by atoms with Crippen molar-refractivity contribution in [3.63, 3.8) is 0 Å². The molecular weight excluding hydrogens is 194 g/mol. The van der Waals surface area contributed by atoms with E-state index in [1.807, 2.05) is 0 Å². The Morgan fingerprint density at radius 1 is 1.40 bits per heavy atom. The molecule has 0 spiro atoms. The first-order valence-corrected chi connectivity index (χ1v) is 4.40. The quantitative estimate of drug-likeness (QED) is 0.487. The maximum absolute atomic E-state index is 11.8. The van der Waals surface area contributed by atoms with Gasteiger partial charge in [-0.2, -0.15) is 0 Å². The highest BCUT2D eigenvalue weighted by Crippen LogP contribution is 2.06. The summed E-state index contributed by atoms with van der Waals surface area (Å²) in [6.45, 7) is 1.47. The largest absolute Gasteiger partial charge is 0.594 e. The summed E-state index contributed by atoms with van der Waals surface area (Å²) in [5.41, 5.74) is 5.61. The third kappa shape index (κ3) is 1.38. The van der Waals surface area contributed by atoms with Gasteiger partial charge in [0.05, 0.1) is 5.39 Å². The van der Waals surface area contributed by atoms with Crippen LogP contribution < -0.4 is 16.0 Å². The van der Waals surface area contributed by atoms with Crippen molar-refractivity contribution in [2.24, 2.45) is 0 Å². The fourth-order valence-corrected chi connectivity index (χ4v) is 1.34. The summed E-state index contributed by atoms with van der Waals surface area (Å²) < 4.78 is 0. The zero-order valence-corrected chi connectivity index (χ0v) is 8.10. The molecule has 2 aromatic rings. The molecule has 1 aromatic heterocycles. The van der Waals surface area contributed by atoms with Crippen molar-refractivity contribution in [1.29, 1.82) is 0 Å². The summed E-state index contributed by atoms with van der Waals surface area (Å²) in [7, 11) is 0. The molecule has 0 fully saturated rings. The Morgan fingerprint density at radius 3 is 2.80 bits per heavy atom. The van der Waals surface area contributed by atoms with Crippen LogP contribution in [0.1, 0.15) is 5.69 Å². The number of fused-ring (bicyclic) bond motifs is 1. The average molecular weight is 203 g/mol. The van der Waals surface area contributed by atoms with E-state index in [1.54, 1.807) is 24.3 Å². The number of nitrogen functional groups attached to an aromatic ring is 1. The minimum Gasteiger partial charge on any atom is -0.594 e. The van der Waals surface area contributed by atoms with Crippen LogP contribution in [0.4, 0.5) is 5.69 Å². The molecule has 2 rings (SSSR count). The van der Waals surface area contributed by atoms with Crippen molar-refractivity contribution >= 4 is 16.6 Å². The predicted octanol–water partition coefficient (Wildman–Crippen LogP) is 0.119. The Bertz CT molecular complexity index is 596. The molecule has 1 heterocycles. The standard InChI is InChI=1S/C10H9N3O2/c1-6-9(11)10(14)7-4-2-3-5-8(7)12-13(6)15/h2-5H,11H2,1H3. The summed E-state index contributed by atoms with van der Waals surface area (Å²) in [6.07, 6.45) is 0. The number of nitrogens with zero attached hydrogens (tertiary/aromatic N) is 2. The van der Waals surface area contributed by atoms with Gasteiger partial charge in [0.25, 0.3) is 0 Å². The summed E-state index contributed by atoms with van der Waals surface area (Å²) >= 11 is 0. The molecule has 0 atom stereocenters.